The van der Waals surface area contributed by atoms with E-state index in [1.54, 1.807) is 48.9 Å². The highest BCUT2D eigenvalue weighted by Crippen LogP contribution is 2.18. The molecular formula is C16H13N3O4S2. The lowest BCUT2D eigenvalue weighted by molar-refractivity contribution is 0.0477. The molecule has 0 unspecified atom stereocenters. The van der Waals surface area contributed by atoms with Crippen molar-refractivity contribution in [1.82, 2.24) is 10.2 Å². The number of thiophene rings is 1. The monoisotopic (exact) mass is 375 g/mol. The lowest BCUT2D eigenvalue weighted by Gasteiger charge is -2.04. The minimum absolute atomic E-state index is 0.0236. The molecular weight excluding hydrogens is 362 g/mol. The van der Waals surface area contributed by atoms with E-state index in [-0.39, 0.29) is 17.5 Å². The van der Waals surface area contributed by atoms with E-state index < -0.39 is 5.97 Å². The summed E-state index contributed by atoms with van der Waals surface area (Å²) in [5, 5.41) is 12.9. The molecule has 1 amide bonds. The Morgan fingerprint density at radius 1 is 1.16 bits per heavy atom. The van der Waals surface area contributed by atoms with E-state index in [0.717, 1.165) is 11.3 Å². The Kier molecular flexibility index (Phi) is 5.36. The number of hydrogen-bond donors (Lipinski definition) is 1. The highest BCUT2D eigenvalue weighted by atomic mass is 32.1. The van der Waals surface area contributed by atoms with Crippen molar-refractivity contribution in [2.45, 2.75) is 6.61 Å². The molecule has 0 saturated carbocycles. The van der Waals surface area contributed by atoms with Crippen LogP contribution in [-0.2, 0) is 11.3 Å². The fourth-order valence-corrected chi connectivity index (χ4v) is 3.12. The molecule has 0 fully saturated rings. The third kappa shape index (κ3) is 4.40. The van der Waals surface area contributed by atoms with Gasteiger partial charge in [-0.15, -0.1) is 21.5 Å². The van der Waals surface area contributed by atoms with Crippen LogP contribution in [0.1, 0.15) is 24.5 Å². The summed E-state index contributed by atoms with van der Waals surface area (Å²) in [6, 6.07) is 10.4. The Morgan fingerprint density at radius 3 is 2.64 bits per heavy atom. The van der Waals surface area contributed by atoms with Crippen molar-refractivity contribution in [3.8, 4) is 5.75 Å². The molecule has 0 radical (unpaired) electrons. The first kappa shape index (κ1) is 17.1. The maximum absolute atomic E-state index is 12.2. The van der Waals surface area contributed by atoms with Crippen LogP contribution in [-0.4, -0.2) is 29.2 Å². The van der Waals surface area contributed by atoms with Gasteiger partial charge in [0.2, 0.25) is 5.01 Å². The molecule has 0 aliphatic carbocycles. The summed E-state index contributed by atoms with van der Waals surface area (Å²) in [5.41, 5.74) is 0.617. The summed E-state index contributed by atoms with van der Waals surface area (Å²) in [7, 11) is 1.57. The minimum atomic E-state index is -0.422. The van der Waals surface area contributed by atoms with Crippen LogP contribution in [0, 0.1) is 0 Å². The number of methoxy groups -OCH3 is 1. The summed E-state index contributed by atoms with van der Waals surface area (Å²) in [6.07, 6.45) is 0. The fourth-order valence-electron chi connectivity index (χ4n) is 1.86. The van der Waals surface area contributed by atoms with Gasteiger partial charge in [-0.05, 0) is 35.7 Å². The molecule has 0 aliphatic heterocycles. The Labute approximate surface area is 151 Å². The van der Waals surface area contributed by atoms with E-state index in [4.69, 9.17) is 9.47 Å². The van der Waals surface area contributed by atoms with Gasteiger partial charge in [-0.2, -0.15) is 0 Å². The van der Waals surface area contributed by atoms with E-state index in [0.29, 0.717) is 21.3 Å². The molecule has 1 N–H and O–H groups in total. The van der Waals surface area contributed by atoms with Crippen molar-refractivity contribution in [1.29, 1.82) is 0 Å². The van der Waals surface area contributed by atoms with Crippen LogP contribution in [0.3, 0.4) is 0 Å². The average Bonchev–Trinajstić information content (AvgIpc) is 3.32. The summed E-state index contributed by atoms with van der Waals surface area (Å²) in [6.45, 7) is -0.0236. The van der Waals surface area contributed by atoms with Crippen LogP contribution < -0.4 is 10.1 Å². The Hall–Kier alpha value is -2.78. The molecule has 0 bridgehead atoms. The second-order valence-corrected chi connectivity index (χ2v) is 6.75. The van der Waals surface area contributed by atoms with E-state index in [1.807, 2.05) is 0 Å². The van der Waals surface area contributed by atoms with Crippen molar-refractivity contribution >= 4 is 40.2 Å². The molecule has 0 atom stereocenters. The summed E-state index contributed by atoms with van der Waals surface area (Å²) in [4.78, 5) is 24.5. The second kappa shape index (κ2) is 7.86. The van der Waals surface area contributed by atoms with Crippen LogP contribution in [0.2, 0.25) is 0 Å². The van der Waals surface area contributed by atoms with E-state index in [1.165, 1.54) is 11.3 Å². The third-order valence-corrected chi connectivity index (χ3v) is 4.80. The molecule has 25 heavy (non-hydrogen) atoms. The molecule has 128 valence electrons. The smallest absolute Gasteiger partial charge is 0.348 e. The van der Waals surface area contributed by atoms with Crippen LogP contribution in [0.25, 0.3) is 0 Å². The fraction of sp³-hybridized carbons (Fsp3) is 0.125. The molecule has 2 heterocycles. The van der Waals surface area contributed by atoms with Gasteiger partial charge in [0.25, 0.3) is 5.91 Å². The summed E-state index contributed by atoms with van der Waals surface area (Å²) >= 11 is 2.37. The van der Waals surface area contributed by atoms with E-state index in [2.05, 4.69) is 15.5 Å². The first-order chi connectivity index (χ1) is 12.2. The highest BCUT2D eigenvalue weighted by Gasteiger charge is 2.15. The largest absolute Gasteiger partial charge is 0.497 e. The maximum atomic E-state index is 12.2. The van der Waals surface area contributed by atoms with Gasteiger partial charge in [-0.25, -0.2) is 4.79 Å². The Balaban J connectivity index is 1.56. The number of hydrogen-bond acceptors (Lipinski definition) is 8. The van der Waals surface area contributed by atoms with Crippen molar-refractivity contribution in [3.63, 3.8) is 0 Å². The number of ether oxygens (including phenoxy) is 2. The Morgan fingerprint density at radius 2 is 1.96 bits per heavy atom. The van der Waals surface area contributed by atoms with Crippen molar-refractivity contribution < 1.29 is 19.1 Å². The number of aromatic nitrogens is 2. The minimum Gasteiger partial charge on any atom is -0.497 e. The summed E-state index contributed by atoms with van der Waals surface area (Å²) < 4.78 is 10.2. The van der Waals surface area contributed by atoms with Gasteiger partial charge >= 0.3 is 5.97 Å². The number of nitrogens with zero attached hydrogens (tertiary/aromatic N) is 2. The zero-order valence-electron chi connectivity index (χ0n) is 13.1. The molecule has 1 aromatic carbocycles. The lowest BCUT2D eigenvalue weighted by atomic mass is 10.3. The lowest BCUT2D eigenvalue weighted by Crippen LogP contribution is -2.11. The number of nitrogens with one attached hydrogen (secondary N) is 1. The first-order valence-electron chi connectivity index (χ1n) is 7.14. The topological polar surface area (TPSA) is 90.4 Å². The predicted molar refractivity (Wildman–Crippen MR) is 94.3 cm³/mol. The SMILES string of the molecule is COc1ccc(NC(=O)c2nnc(COC(=O)c3cccs3)s2)cc1. The van der Waals surface area contributed by atoms with Crippen LogP contribution >= 0.6 is 22.7 Å². The molecule has 7 nitrogen and oxygen atoms in total. The molecule has 2 aromatic heterocycles. The van der Waals surface area contributed by atoms with Crippen molar-refractivity contribution in [3.05, 3.63) is 56.7 Å². The maximum Gasteiger partial charge on any atom is 0.348 e. The van der Waals surface area contributed by atoms with E-state index >= 15 is 0 Å². The van der Waals surface area contributed by atoms with Crippen molar-refractivity contribution in [2.75, 3.05) is 12.4 Å². The first-order valence-corrected chi connectivity index (χ1v) is 8.84. The molecule has 0 aliphatic rings. The number of rotatable bonds is 6. The van der Waals surface area contributed by atoms with Gasteiger partial charge in [-0.3, -0.25) is 4.79 Å². The van der Waals surface area contributed by atoms with Gasteiger partial charge in [0.1, 0.15) is 17.2 Å². The highest BCUT2D eigenvalue weighted by molar-refractivity contribution is 7.13. The van der Waals surface area contributed by atoms with Crippen molar-refractivity contribution in [2.24, 2.45) is 0 Å². The number of amides is 1. The third-order valence-electron chi connectivity index (χ3n) is 3.06. The molecule has 0 saturated heterocycles. The Bertz CT molecular complexity index is 860. The van der Waals surface area contributed by atoms with Gasteiger partial charge in [-0.1, -0.05) is 17.4 Å². The number of carbonyl (C=O) groups excluding carboxylic acids is 2. The second-order valence-electron chi connectivity index (χ2n) is 4.74. The zero-order chi connectivity index (χ0) is 17.6. The average molecular weight is 375 g/mol. The summed E-state index contributed by atoms with van der Waals surface area (Å²) in [5.74, 6) is -0.100. The molecule has 3 rings (SSSR count). The number of anilines is 1. The normalized spacial score (nSPS) is 10.3. The standard InChI is InChI=1S/C16H13N3O4S2/c1-22-11-6-4-10(5-7-11)17-14(20)15-19-18-13(25-15)9-23-16(21)12-3-2-8-24-12/h2-8H,9H2,1H3,(H,17,20). The zero-order valence-corrected chi connectivity index (χ0v) is 14.7. The molecule has 0 spiro atoms. The molecule has 9 heteroatoms. The van der Waals surface area contributed by atoms with Crippen LogP contribution in [0.15, 0.2) is 41.8 Å². The number of benzene rings is 1. The van der Waals surface area contributed by atoms with Crippen LogP contribution in [0.4, 0.5) is 5.69 Å². The molecule has 3 aromatic rings. The predicted octanol–water partition coefficient (Wildman–Crippen LogP) is 3.22. The quantitative estimate of drug-likeness (QED) is 0.665. The van der Waals surface area contributed by atoms with E-state index in [9.17, 15) is 9.59 Å². The van der Waals surface area contributed by atoms with Gasteiger partial charge in [0.05, 0.1) is 7.11 Å². The van der Waals surface area contributed by atoms with Gasteiger partial charge in [0, 0.05) is 5.69 Å². The van der Waals surface area contributed by atoms with Gasteiger partial charge in [0.15, 0.2) is 5.01 Å². The number of carbonyl (C=O) groups is 2. The van der Waals surface area contributed by atoms with Gasteiger partial charge < -0.3 is 14.8 Å². The number of esters is 1. The van der Waals surface area contributed by atoms with Crippen LogP contribution in [0.5, 0.6) is 5.75 Å².